The number of hydrogen-bond donors (Lipinski definition) is 2. The molecule has 0 bridgehead atoms. The van der Waals surface area contributed by atoms with Gasteiger partial charge in [-0.25, -0.2) is 0 Å². The first-order valence-corrected chi connectivity index (χ1v) is 12.4. The quantitative estimate of drug-likeness (QED) is 0.160. The van der Waals surface area contributed by atoms with E-state index in [-0.39, 0.29) is 0 Å². The van der Waals surface area contributed by atoms with E-state index in [1.807, 2.05) is 0 Å². The van der Waals surface area contributed by atoms with Crippen LogP contribution in [0.15, 0.2) is 34.9 Å². The van der Waals surface area contributed by atoms with Crippen LogP contribution in [0.4, 0.5) is 0 Å². The molecule has 0 aromatic heterocycles. The van der Waals surface area contributed by atoms with E-state index in [0.717, 1.165) is 19.6 Å². The summed E-state index contributed by atoms with van der Waals surface area (Å²) in [6, 6.07) is 0. The maximum atomic E-state index is 5.52. The highest BCUT2D eigenvalue weighted by Crippen LogP contribution is 2.12. The molecule has 0 saturated heterocycles. The highest BCUT2D eigenvalue weighted by atomic mass is 14.8. The molecule has 0 atom stereocenters. The molecule has 0 fully saturated rings. The Morgan fingerprint density at radius 1 is 0.621 bits per heavy atom. The highest BCUT2D eigenvalue weighted by molar-refractivity contribution is 5.05. The standard InChI is InChI=1S/C27H52N2/c1-25(2)17-15-18-26(3)19-16-20-27(4)21-24-29-23-14-12-10-8-6-5-7-9-11-13-22-28/h17,19,21,29H,5-16,18,20,22-24,28H2,1-4H3/b26-19+,27-21+. The van der Waals surface area contributed by atoms with Gasteiger partial charge in [-0.15, -0.1) is 0 Å². The summed E-state index contributed by atoms with van der Waals surface area (Å²) in [4.78, 5) is 0. The molecule has 2 heteroatoms. The van der Waals surface area contributed by atoms with Crippen LogP contribution >= 0.6 is 0 Å². The molecule has 0 aliphatic carbocycles. The lowest BCUT2D eigenvalue weighted by atomic mass is 10.1. The minimum atomic E-state index is 0.859. The van der Waals surface area contributed by atoms with Crippen molar-refractivity contribution in [1.29, 1.82) is 0 Å². The van der Waals surface area contributed by atoms with Crippen molar-refractivity contribution in [3.05, 3.63) is 34.9 Å². The summed E-state index contributed by atoms with van der Waals surface area (Å²) in [7, 11) is 0. The molecule has 2 nitrogen and oxygen atoms in total. The van der Waals surface area contributed by atoms with E-state index < -0.39 is 0 Å². The van der Waals surface area contributed by atoms with Crippen LogP contribution < -0.4 is 11.1 Å². The van der Waals surface area contributed by atoms with Crippen LogP contribution in [-0.2, 0) is 0 Å². The molecule has 0 aliphatic heterocycles. The Hall–Kier alpha value is -0.860. The molecule has 0 rings (SSSR count). The van der Waals surface area contributed by atoms with E-state index >= 15 is 0 Å². The first kappa shape index (κ1) is 28.1. The zero-order chi connectivity index (χ0) is 21.6. The van der Waals surface area contributed by atoms with E-state index in [0.29, 0.717) is 0 Å². The van der Waals surface area contributed by atoms with E-state index in [4.69, 9.17) is 5.73 Å². The Morgan fingerprint density at radius 2 is 1.10 bits per heavy atom. The number of nitrogens with one attached hydrogen (secondary N) is 1. The second-order valence-electron chi connectivity index (χ2n) is 8.99. The molecule has 0 heterocycles. The number of allylic oxidation sites excluding steroid dienone is 5. The van der Waals surface area contributed by atoms with Crippen molar-refractivity contribution in [2.75, 3.05) is 19.6 Å². The Morgan fingerprint density at radius 3 is 1.66 bits per heavy atom. The first-order valence-electron chi connectivity index (χ1n) is 12.4. The fourth-order valence-corrected chi connectivity index (χ4v) is 3.50. The summed E-state index contributed by atoms with van der Waals surface area (Å²) in [6.45, 7) is 11.9. The van der Waals surface area contributed by atoms with E-state index in [1.54, 1.807) is 0 Å². The lowest BCUT2D eigenvalue weighted by Gasteiger charge is -2.05. The third-order valence-corrected chi connectivity index (χ3v) is 5.53. The van der Waals surface area contributed by atoms with Crippen molar-refractivity contribution in [1.82, 2.24) is 5.32 Å². The average molecular weight is 405 g/mol. The summed E-state index contributed by atoms with van der Waals surface area (Å²) < 4.78 is 0. The molecule has 29 heavy (non-hydrogen) atoms. The topological polar surface area (TPSA) is 38.0 Å². The number of nitrogens with two attached hydrogens (primary N) is 1. The summed E-state index contributed by atoms with van der Waals surface area (Å²) in [5.41, 5.74) is 9.98. The fraction of sp³-hybridized carbons (Fsp3) is 0.778. The van der Waals surface area contributed by atoms with Gasteiger partial charge in [0.1, 0.15) is 0 Å². The van der Waals surface area contributed by atoms with E-state index in [2.05, 4.69) is 51.2 Å². The van der Waals surface area contributed by atoms with Crippen molar-refractivity contribution in [2.24, 2.45) is 5.73 Å². The SMILES string of the molecule is CC(C)=CCC/C(C)=C/CC/C(C)=C/CNCCCCCCCCCCCCN. The van der Waals surface area contributed by atoms with Gasteiger partial charge in [-0.3, -0.25) is 0 Å². The van der Waals surface area contributed by atoms with Gasteiger partial charge in [0.15, 0.2) is 0 Å². The largest absolute Gasteiger partial charge is 0.330 e. The molecule has 0 spiro atoms. The fourth-order valence-electron chi connectivity index (χ4n) is 3.50. The van der Waals surface area contributed by atoms with Crippen LogP contribution in [0, 0.1) is 0 Å². The van der Waals surface area contributed by atoms with Gasteiger partial charge in [-0.2, -0.15) is 0 Å². The van der Waals surface area contributed by atoms with Crippen molar-refractivity contribution in [2.45, 2.75) is 118 Å². The van der Waals surface area contributed by atoms with Gasteiger partial charge < -0.3 is 11.1 Å². The maximum absolute atomic E-state index is 5.52. The summed E-state index contributed by atoms with van der Waals surface area (Å²) in [6.07, 6.45) is 25.5. The molecule has 3 N–H and O–H groups in total. The average Bonchev–Trinajstić information content (AvgIpc) is 2.68. The number of hydrogen-bond acceptors (Lipinski definition) is 2. The third-order valence-electron chi connectivity index (χ3n) is 5.53. The summed E-state index contributed by atoms with van der Waals surface area (Å²) in [5, 5.41) is 3.58. The second-order valence-corrected chi connectivity index (χ2v) is 8.99. The lowest BCUT2D eigenvalue weighted by Crippen LogP contribution is -2.15. The minimum Gasteiger partial charge on any atom is -0.330 e. The molecule has 0 aliphatic rings. The van der Waals surface area contributed by atoms with Crippen LogP contribution in [0.2, 0.25) is 0 Å². The molecule has 0 unspecified atom stereocenters. The maximum Gasteiger partial charge on any atom is 0.0137 e. The van der Waals surface area contributed by atoms with Crippen LogP contribution in [0.5, 0.6) is 0 Å². The van der Waals surface area contributed by atoms with E-state index in [1.165, 1.54) is 107 Å². The Balaban J connectivity index is 3.46. The molecule has 0 amide bonds. The van der Waals surface area contributed by atoms with Crippen LogP contribution in [-0.4, -0.2) is 19.6 Å². The van der Waals surface area contributed by atoms with Crippen molar-refractivity contribution in [3.8, 4) is 0 Å². The van der Waals surface area contributed by atoms with Crippen molar-refractivity contribution < 1.29 is 0 Å². The second kappa shape index (κ2) is 21.8. The monoisotopic (exact) mass is 404 g/mol. The predicted molar refractivity (Wildman–Crippen MR) is 134 cm³/mol. The van der Waals surface area contributed by atoms with Gasteiger partial charge in [0.25, 0.3) is 0 Å². The zero-order valence-electron chi connectivity index (χ0n) is 20.3. The van der Waals surface area contributed by atoms with Gasteiger partial charge in [0, 0.05) is 6.54 Å². The molecule has 0 radical (unpaired) electrons. The molecule has 0 saturated carbocycles. The zero-order valence-corrected chi connectivity index (χ0v) is 20.3. The van der Waals surface area contributed by atoms with Gasteiger partial charge >= 0.3 is 0 Å². The summed E-state index contributed by atoms with van der Waals surface area (Å²) >= 11 is 0. The van der Waals surface area contributed by atoms with Gasteiger partial charge in [0.2, 0.25) is 0 Å². The highest BCUT2D eigenvalue weighted by Gasteiger charge is 1.94. The smallest absolute Gasteiger partial charge is 0.0137 e. The van der Waals surface area contributed by atoms with Crippen molar-refractivity contribution >= 4 is 0 Å². The van der Waals surface area contributed by atoms with Gasteiger partial charge in [-0.1, -0.05) is 86.3 Å². The Kier molecular flexibility index (Phi) is 21.2. The molecular weight excluding hydrogens is 352 g/mol. The van der Waals surface area contributed by atoms with Gasteiger partial charge in [0.05, 0.1) is 0 Å². The Labute approximate surface area is 183 Å². The van der Waals surface area contributed by atoms with E-state index in [9.17, 15) is 0 Å². The first-order chi connectivity index (χ1) is 14.1. The minimum absolute atomic E-state index is 0.859. The predicted octanol–water partition coefficient (Wildman–Crippen LogP) is 7.85. The van der Waals surface area contributed by atoms with Crippen LogP contribution in [0.25, 0.3) is 0 Å². The van der Waals surface area contributed by atoms with Crippen LogP contribution in [0.3, 0.4) is 0 Å². The molecule has 170 valence electrons. The molecular formula is C27H52N2. The summed E-state index contributed by atoms with van der Waals surface area (Å²) in [5.74, 6) is 0. The molecule has 0 aromatic rings. The third kappa shape index (κ3) is 23.3. The van der Waals surface area contributed by atoms with Gasteiger partial charge in [-0.05, 0) is 79.3 Å². The lowest BCUT2D eigenvalue weighted by molar-refractivity contribution is 0.546. The Bertz CT molecular complexity index is 441. The van der Waals surface area contributed by atoms with Crippen molar-refractivity contribution in [3.63, 3.8) is 0 Å². The van der Waals surface area contributed by atoms with Crippen LogP contribution in [0.1, 0.15) is 118 Å². The molecule has 0 aromatic carbocycles. The number of unbranched alkanes of at least 4 members (excludes halogenated alkanes) is 9. The number of rotatable bonds is 20. The normalized spacial score (nSPS) is 12.4.